The highest BCUT2D eigenvalue weighted by atomic mass is 16.3. The van der Waals surface area contributed by atoms with Crippen LogP contribution in [-0.4, -0.2) is 34.2 Å². The zero-order valence-electron chi connectivity index (χ0n) is 9.07. The third kappa shape index (κ3) is 22.5. The monoisotopic (exact) mass is 205 g/mol. The Hall–Kier alpha value is -0.940. The molecule has 0 aromatic carbocycles. The summed E-state index contributed by atoms with van der Waals surface area (Å²) in [5.41, 5.74) is 0. The topological polar surface area (TPSA) is 86.6 Å². The molecule has 0 rings (SSSR count). The first-order valence-electron chi connectivity index (χ1n) is 4.38. The number of amides is 1. The Kier molecular flexibility index (Phi) is 9.59. The van der Waals surface area contributed by atoms with E-state index in [-0.39, 0.29) is 18.1 Å². The van der Waals surface area contributed by atoms with Crippen LogP contribution in [0.5, 0.6) is 0 Å². The molecule has 3 N–H and O–H groups in total. The number of rotatable bonds is 3. The maximum atomic E-state index is 10.1. The van der Waals surface area contributed by atoms with Crippen molar-refractivity contribution < 1.29 is 19.8 Å². The number of aliphatic hydroxyl groups is 2. The van der Waals surface area contributed by atoms with Crippen molar-refractivity contribution in [1.82, 2.24) is 5.32 Å². The molecule has 0 fully saturated rings. The van der Waals surface area contributed by atoms with E-state index in [2.05, 4.69) is 5.32 Å². The maximum Gasteiger partial charge on any atom is 0.218 e. The quantitative estimate of drug-likeness (QED) is 0.557. The average Bonchev–Trinajstić information content (AvgIpc) is 1.79. The molecule has 0 aliphatic heterocycles. The highest BCUT2D eigenvalue weighted by Gasteiger charge is 1.97. The van der Waals surface area contributed by atoms with Gasteiger partial charge >= 0.3 is 0 Å². The van der Waals surface area contributed by atoms with E-state index in [4.69, 9.17) is 10.2 Å². The van der Waals surface area contributed by atoms with Gasteiger partial charge in [0, 0.05) is 13.3 Å². The Balaban J connectivity index is 0. The zero-order chi connectivity index (χ0) is 11.7. The lowest BCUT2D eigenvalue weighted by molar-refractivity contribution is -0.121. The lowest BCUT2D eigenvalue weighted by atomic mass is 10.2. The molecule has 2 unspecified atom stereocenters. The van der Waals surface area contributed by atoms with Crippen LogP contribution in [0.3, 0.4) is 0 Å². The molecule has 1 amide bonds. The zero-order valence-corrected chi connectivity index (χ0v) is 9.07. The third-order valence-electron chi connectivity index (χ3n) is 0.995. The molecule has 2 atom stereocenters. The van der Waals surface area contributed by atoms with Crippen molar-refractivity contribution in [2.24, 2.45) is 0 Å². The normalized spacial score (nSPS) is 13.3. The van der Waals surface area contributed by atoms with Gasteiger partial charge in [0.1, 0.15) is 12.0 Å². The molecule has 14 heavy (non-hydrogen) atoms. The second kappa shape index (κ2) is 8.65. The Labute approximate surface area is 84.1 Å². The number of aliphatic hydroxyl groups excluding tert-OH is 2. The minimum absolute atomic E-state index is 0.0370. The predicted molar refractivity (Wildman–Crippen MR) is 52.5 cm³/mol. The van der Waals surface area contributed by atoms with Gasteiger partial charge in [0.2, 0.25) is 5.91 Å². The predicted octanol–water partition coefficient (Wildman–Crippen LogP) is -0.193. The molecule has 0 bridgehead atoms. The fourth-order valence-corrected chi connectivity index (χ4v) is 0.710. The summed E-state index contributed by atoms with van der Waals surface area (Å²) in [5, 5.41) is 19.1. The molecule has 0 saturated heterocycles. The van der Waals surface area contributed by atoms with E-state index in [0.717, 1.165) is 0 Å². The summed E-state index contributed by atoms with van der Waals surface area (Å²) in [6.45, 7) is 5.90. The van der Waals surface area contributed by atoms with E-state index in [1.54, 1.807) is 6.92 Å². The Morgan fingerprint density at radius 1 is 1.21 bits per heavy atom. The highest BCUT2D eigenvalue weighted by molar-refractivity contribution is 5.75. The maximum absolute atomic E-state index is 10.1. The van der Waals surface area contributed by atoms with Crippen molar-refractivity contribution in [3.8, 4) is 0 Å². The smallest absolute Gasteiger partial charge is 0.218 e. The lowest BCUT2D eigenvalue weighted by Crippen LogP contribution is -2.29. The number of Topliss-reactive ketones (excluding diaryl/α,β-unsaturated/α-hetero) is 1. The fourth-order valence-electron chi connectivity index (χ4n) is 0.710. The number of hydrogen-bond acceptors (Lipinski definition) is 4. The van der Waals surface area contributed by atoms with E-state index < -0.39 is 12.3 Å². The molecule has 5 nitrogen and oxygen atoms in total. The number of carbonyl (C=O) groups excluding carboxylic acids is 2. The second-order valence-electron chi connectivity index (χ2n) is 3.13. The molecule has 0 aromatic rings. The molecular formula is C9H19NO4. The minimum Gasteiger partial charge on any atom is -0.393 e. The van der Waals surface area contributed by atoms with Gasteiger partial charge in [-0.05, 0) is 20.8 Å². The van der Waals surface area contributed by atoms with Crippen molar-refractivity contribution in [2.45, 2.75) is 46.4 Å². The summed E-state index contributed by atoms with van der Waals surface area (Å²) in [6.07, 6.45) is -0.921. The van der Waals surface area contributed by atoms with Crippen molar-refractivity contribution >= 4 is 11.7 Å². The molecule has 0 aliphatic rings. The minimum atomic E-state index is -0.725. The summed E-state index contributed by atoms with van der Waals surface area (Å²) in [6, 6.07) is 0. The summed E-state index contributed by atoms with van der Waals surface area (Å²) in [4.78, 5) is 20.1. The first-order chi connectivity index (χ1) is 6.25. The van der Waals surface area contributed by atoms with E-state index in [9.17, 15) is 9.59 Å². The van der Waals surface area contributed by atoms with Gasteiger partial charge in [-0.3, -0.25) is 9.59 Å². The van der Waals surface area contributed by atoms with E-state index in [0.29, 0.717) is 0 Å². The van der Waals surface area contributed by atoms with Gasteiger partial charge in [0.25, 0.3) is 0 Å². The van der Waals surface area contributed by atoms with Gasteiger partial charge in [0.05, 0.1) is 6.10 Å². The molecule has 0 aromatic heterocycles. The van der Waals surface area contributed by atoms with Gasteiger partial charge in [-0.1, -0.05) is 0 Å². The van der Waals surface area contributed by atoms with Gasteiger partial charge in [-0.15, -0.1) is 0 Å². The van der Waals surface area contributed by atoms with Gasteiger partial charge in [-0.25, -0.2) is 0 Å². The molecule has 0 saturated carbocycles. The largest absolute Gasteiger partial charge is 0.393 e. The fraction of sp³-hybridized carbons (Fsp3) is 0.778. The summed E-state index contributed by atoms with van der Waals surface area (Å²) in [5.74, 6) is -0.176. The first kappa shape index (κ1) is 15.5. The van der Waals surface area contributed by atoms with E-state index >= 15 is 0 Å². The van der Waals surface area contributed by atoms with Crippen LogP contribution < -0.4 is 5.32 Å². The van der Waals surface area contributed by atoms with Crippen LogP contribution in [0.4, 0.5) is 0 Å². The van der Waals surface area contributed by atoms with Crippen LogP contribution in [0.1, 0.15) is 34.1 Å². The highest BCUT2D eigenvalue weighted by Crippen LogP contribution is 1.87. The van der Waals surface area contributed by atoms with Gasteiger partial charge in [-0.2, -0.15) is 0 Å². The lowest BCUT2D eigenvalue weighted by Gasteiger charge is -2.01. The van der Waals surface area contributed by atoms with E-state index in [1.807, 2.05) is 0 Å². The average molecular weight is 205 g/mol. The summed E-state index contributed by atoms with van der Waals surface area (Å²) >= 11 is 0. The third-order valence-corrected chi connectivity index (χ3v) is 0.995. The van der Waals surface area contributed by atoms with E-state index in [1.165, 1.54) is 20.8 Å². The standard InChI is InChI=1S/C5H10O2.C4H9NO2/c1-4(6)3-5(2)7;1-3(6)5-4(2)7/h4,6H,3H2,1-2H3;3,6H,1-2H3,(H,5,7). The Bertz CT molecular complexity index is 158. The number of ketones is 1. The SMILES string of the molecule is CC(=O)CC(C)O.CC(=O)NC(C)O. The molecule has 0 heterocycles. The van der Waals surface area contributed by atoms with Crippen LogP contribution in [0.2, 0.25) is 0 Å². The van der Waals surface area contributed by atoms with Crippen LogP contribution in [0.25, 0.3) is 0 Å². The molecule has 5 heteroatoms. The first-order valence-corrected chi connectivity index (χ1v) is 4.38. The summed E-state index contributed by atoms with van der Waals surface area (Å²) < 4.78 is 0. The molecular weight excluding hydrogens is 186 g/mol. The second-order valence-corrected chi connectivity index (χ2v) is 3.13. The van der Waals surface area contributed by atoms with Gasteiger partial charge in [0.15, 0.2) is 0 Å². The van der Waals surface area contributed by atoms with Crippen LogP contribution >= 0.6 is 0 Å². The molecule has 0 radical (unpaired) electrons. The molecule has 0 aliphatic carbocycles. The van der Waals surface area contributed by atoms with Crippen molar-refractivity contribution in [2.75, 3.05) is 0 Å². The Morgan fingerprint density at radius 2 is 1.64 bits per heavy atom. The van der Waals surface area contributed by atoms with Crippen LogP contribution in [0.15, 0.2) is 0 Å². The van der Waals surface area contributed by atoms with Crippen molar-refractivity contribution in [1.29, 1.82) is 0 Å². The number of carbonyl (C=O) groups is 2. The Morgan fingerprint density at radius 3 is 1.64 bits per heavy atom. The van der Waals surface area contributed by atoms with Crippen molar-refractivity contribution in [3.63, 3.8) is 0 Å². The van der Waals surface area contributed by atoms with Gasteiger partial charge < -0.3 is 15.5 Å². The van der Waals surface area contributed by atoms with Crippen LogP contribution in [-0.2, 0) is 9.59 Å². The number of nitrogens with one attached hydrogen (secondary N) is 1. The van der Waals surface area contributed by atoms with Crippen molar-refractivity contribution in [3.05, 3.63) is 0 Å². The summed E-state index contributed by atoms with van der Waals surface area (Å²) in [7, 11) is 0. The molecule has 84 valence electrons. The molecule has 0 spiro atoms. The number of hydrogen-bond donors (Lipinski definition) is 3. The van der Waals surface area contributed by atoms with Crippen LogP contribution in [0, 0.1) is 0 Å².